The molecule has 0 N–H and O–H groups in total. The predicted octanol–water partition coefficient (Wildman–Crippen LogP) is 4.11. The first-order valence-corrected chi connectivity index (χ1v) is 7.15. The standard InChI is InChI=1S/C16H18O3S/c1-13-3-5-15(6-4-13)18-11-12-19-20-16-9-7-14(17-2)8-10-16/h3-10H,11-12H2,1-2H3. The van der Waals surface area contributed by atoms with Gasteiger partial charge >= 0.3 is 0 Å². The second-order valence-corrected chi connectivity index (χ2v) is 5.12. The first-order valence-electron chi connectivity index (χ1n) is 6.41. The van der Waals surface area contributed by atoms with Crippen LogP contribution in [0, 0.1) is 6.92 Å². The van der Waals surface area contributed by atoms with Crippen LogP contribution in [0.1, 0.15) is 5.56 Å². The molecule has 0 heterocycles. The molecule has 106 valence electrons. The number of rotatable bonds is 7. The maximum absolute atomic E-state index is 5.58. The molecule has 2 aromatic rings. The highest BCUT2D eigenvalue weighted by molar-refractivity contribution is 7.94. The Morgan fingerprint density at radius 3 is 2.15 bits per heavy atom. The molecule has 0 amide bonds. The Kier molecular flexibility index (Phi) is 5.77. The van der Waals surface area contributed by atoms with Crippen LogP contribution in [0.15, 0.2) is 53.4 Å². The van der Waals surface area contributed by atoms with Gasteiger partial charge in [-0.15, -0.1) is 0 Å². The quantitative estimate of drug-likeness (QED) is 0.566. The van der Waals surface area contributed by atoms with E-state index in [0.29, 0.717) is 13.2 Å². The van der Waals surface area contributed by atoms with Crippen molar-refractivity contribution in [3.8, 4) is 11.5 Å². The molecule has 0 aliphatic rings. The number of hydrogen-bond donors (Lipinski definition) is 0. The molecule has 0 unspecified atom stereocenters. The van der Waals surface area contributed by atoms with Gasteiger partial charge in [0, 0.05) is 16.9 Å². The van der Waals surface area contributed by atoms with Gasteiger partial charge in [0.15, 0.2) is 0 Å². The Balaban J connectivity index is 1.64. The van der Waals surface area contributed by atoms with Gasteiger partial charge < -0.3 is 13.7 Å². The molecule has 0 aromatic heterocycles. The fourth-order valence-electron chi connectivity index (χ4n) is 1.57. The molecule has 0 radical (unpaired) electrons. The zero-order chi connectivity index (χ0) is 14.2. The van der Waals surface area contributed by atoms with Crippen molar-refractivity contribution in [1.29, 1.82) is 0 Å². The Bertz CT molecular complexity index is 508. The maximum atomic E-state index is 5.58. The van der Waals surface area contributed by atoms with Crippen LogP contribution in [-0.4, -0.2) is 20.3 Å². The van der Waals surface area contributed by atoms with Gasteiger partial charge in [0.1, 0.15) is 18.1 Å². The highest BCUT2D eigenvalue weighted by Gasteiger charge is 1.97. The number of ether oxygens (including phenoxy) is 2. The lowest BCUT2D eigenvalue weighted by Gasteiger charge is -2.07. The van der Waals surface area contributed by atoms with Gasteiger partial charge in [-0.2, -0.15) is 0 Å². The van der Waals surface area contributed by atoms with Gasteiger partial charge in [-0.25, -0.2) is 0 Å². The normalized spacial score (nSPS) is 10.3. The summed E-state index contributed by atoms with van der Waals surface area (Å²) >= 11 is 1.34. The lowest BCUT2D eigenvalue weighted by Crippen LogP contribution is -2.03. The third kappa shape index (κ3) is 4.79. The molecule has 0 aliphatic heterocycles. The van der Waals surface area contributed by atoms with Crippen LogP contribution in [0.2, 0.25) is 0 Å². The van der Waals surface area contributed by atoms with E-state index in [4.69, 9.17) is 13.7 Å². The van der Waals surface area contributed by atoms with Crippen molar-refractivity contribution in [3.63, 3.8) is 0 Å². The largest absolute Gasteiger partial charge is 0.497 e. The molecule has 0 spiro atoms. The molecular formula is C16H18O3S. The number of hydrogen-bond acceptors (Lipinski definition) is 4. The van der Waals surface area contributed by atoms with E-state index in [1.807, 2.05) is 48.5 Å². The highest BCUT2D eigenvalue weighted by Crippen LogP contribution is 2.22. The van der Waals surface area contributed by atoms with Crippen molar-refractivity contribution in [3.05, 3.63) is 54.1 Å². The van der Waals surface area contributed by atoms with Crippen LogP contribution in [0.3, 0.4) is 0 Å². The van der Waals surface area contributed by atoms with Crippen LogP contribution >= 0.6 is 12.0 Å². The average molecular weight is 290 g/mol. The maximum Gasteiger partial charge on any atom is 0.119 e. The Labute approximate surface area is 124 Å². The van der Waals surface area contributed by atoms with Crippen molar-refractivity contribution in [2.75, 3.05) is 20.3 Å². The fourth-order valence-corrected chi connectivity index (χ4v) is 2.10. The van der Waals surface area contributed by atoms with Gasteiger partial charge in [-0.3, -0.25) is 0 Å². The first-order chi connectivity index (χ1) is 9.78. The van der Waals surface area contributed by atoms with E-state index in [1.54, 1.807) is 7.11 Å². The summed E-state index contributed by atoms with van der Waals surface area (Å²) in [7, 11) is 1.65. The Hall–Kier alpha value is -1.65. The van der Waals surface area contributed by atoms with Crippen LogP contribution in [0.25, 0.3) is 0 Å². The van der Waals surface area contributed by atoms with Crippen molar-refractivity contribution in [1.82, 2.24) is 0 Å². The van der Waals surface area contributed by atoms with E-state index in [9.17, 15) is 0 Å². The van der Waals surface area contributed by atoms with Gasteiger partial charge in [-0.05, 0) is 43.3 Å². The molecule has 0 saturated carbocycles. The van der Waals surface area contributed by atoms with E-state index in [0.717, 1.165) is 16.4 Å². The molecular weight excluding hydrogens is 272 g/mol. The highest BCUT2D eigenvalue weighted by atomic mass is 32.2. The Morgan fingerprint density at radius 1 is 0.850 bits per heavy atom. The van der Waals surface area contributed by atoms with E-state index in [1.165, 1.54) is 17.6 Å². The van der Waals surface area contributed by atoms with Gasteiger partial charge in [0.25, 0.3) is 0 Å². The minimum absolute atomic E-state index is 0.532. The SMILES string of the molecule is COc1ccc(SOCCOc2ccc(C)cc2)cc1. The second-order valence-electron chi connectivity index (χ2n) is 4.24. The minimum Gasteiger partial charge on any atom is -0.497 e. The van der Waals surface area contributed by atoms with Crippen molar-refractivity contribution < 1.29 is 13.7 Å². The Morgan fingerprint density at radius 2 is 1.50 bits per heavy atom. The monoisotopic (exact) mass is 290 g/mol. The third-order valence-electron chi connectivity index (χ3n) is 2.67. The third-order valence-corrected chi connectivity index (χ3v) is 3.42. The molecule has 20 heavy (non-hydrogen) atoms. The molecule has 0 fully saturated rings. The molecule has 0 aliphatic carbocycles. The lowest BCUT2D eigenvalue weighted by molar-refractivity contribution is 0.238. The molecule has 0 bridgehead atoms. The van der Waals surface area contributed by atoms with Crippen molar-refractivity contribution in [2.45, 2.75) is 11.8 Å². The summed E-state index contributed by atoms with van der Waals surface area (Å²) in [6.07, 6.45) is 0. The number of methoxy groups -OCH3 is 1. The van der Waals surface area contributed by atoms with E-state index < -0.39 is 0 Å². The van der Waals surface area contributed by atoms with Crippen LogP contribution in [0.5, 0.6) is 11.5 Å². The van der Waals surface area contributed by atoms with Crippen LogP contribution in [-0.2, 0) is 4.18 Å². The smallest absolute Gasteiger partial charge is 0.119 e. The summed E-state index contributed by atoms with van der Waals surface area (Å²) in [6, 6.07) is 15.7. The van der Waals surface area contributed by atoms with E-state index in [2.05, 4.69) is 6.92 Å². The van der Waals surface area contributed by atoms with E-state index >= 15 is 0 Å². The zero-order valence-electron chi connectivity index (χ0n) is 11.7. The molecule has 3 nitrogen and oxygen atoms in total. The van der Waals surface area contributed by atoms with Gasteiger partial charge in [0.2, 0.25) is 0 Å². The van der Waals surface area contributed by atoms with E-state index in [-0.39, 0.29) is 0 Å². The molecule has 0 atom stereocenters. The fraction of sp³-hybridized carbons (Fsp3) is 0.250. The van der Waals surface area contributed by atoms with Crippen molar-refractivity contribution in [2.24, 2.45) is 0 Å². The summed E-state index contributed by atoms with van der Waals surface area (Å²) in [5.74, 6) is 1.71. The summed E-state index contributed by atoms with van der Waals surface area (Å²) in [6.45, 7) is 3.12. The molecule has 2 aromatic carbocycles. The van der Waals surface area contributed by atoms with Crippen molar-refractivity contribution >= 4 is 12.0 Å². The average Bonchev–Trinajstić information content (AvgIpc) is 2.49. The first kappa shape index (κ1) is 14.8. The second kappa shape index (κ2) is 7.82. The minimum atomic E-state index is 0.532. The zero-order valence-corrected chi connectivity index (χ0v) is 12.5. The lowest BCUT2D eigenvalue weighted by atomic mass is 10.2. The predicted molar refractivity (Wildman–Crippen MR) is 81.5 cm³/mol. The number of benzene rings is 2. The topological polar surface area (TPSA) is 27.7 Å². The summed E-state index contributed by atoms with van der Waals surface area (Å²) < 4.78 is 16.2. The number of aryl methyl sites for hydroxylation is 1. The molecule has 2 rings (SSSR count). The van der Waals surface area contributed by atoms with Gasteiger partial charge in [-0.1, -0.05) is 17.7 Å². The van der Waals surface area contributed by atoms with Crippen LogP contribution in [0.4, 0.5) is 0 Å². The summed E-state index contributed by atoms with van der Waals surface area (Å²) in [5, 5.41) is 0. The summed E-state index contributed by atoms with van der Waals surface area (Å²) in [5.41, 5.74) is 1.23. The van der Waals surface area contributed by atoms with Gasteiger partial charge in [0.05, 0.1) is 13.7 Å². The molecule has 4 heteroatoms. The molecule has 0 saturated heterocycles. The summed E-state index contributed by atoms with van der Waals surface area (Å²) in [4.78, 5) is 1.04. The van der Waals surface area contributed by atoms with Crippen LogP contribution < -0.4 is 9.47 Å².